The van der Waals surface area contributed by atoms with Crippen molar-refractivity contribution in [2.24, 2.45) is 0 Å². The van der Waals surface area contributed by atoms with Crippen molar-refractivity contribution in [3.8, 4) is 0 Å². The number of para-hydroxylation sites is 1. The average Bonchev–Trinajstić information content (AvgIpc) is 3.23. The predicted octanol–water partition coefficient (Wildman–Crippen LogP) is 4.86. The second kappa shape index (κ2) is 8.41. The largest absolute Gasteiger partial charge is 0.325 e. The van der Waals surface area contributed by atoms with Gasteiger partial charge in [0.05, 0.1) is 16.7 Å². The third-order valence-corrected chi connectivity index (χ3v) is 6.42. The molecule has 0 spiro atoms. The minimum absolute atomic E-state index is 0.0000585. The number of carbonyl (C=O) groups is 1. The second-order valence-corrected chi connectivity index (χ2v) is 8.62. The minimum Gasteiger partial charge on any atom is -0.325 e. The van der Waals surface area contributed by atoms with Gasteiger partial charge in [-0.3, -0.25) is 14.2 Å². The molecule has 3 aromatic rings. The Balaban J connectivity index is 1.59. The van der Waals surface area contributed by atoms with E-state index >= 15 is 0 Å². The van der Waals surface area contributed by atoms with Gasteiger partial charge in [0.2, 0.25) is 5.91 Å². The van der Waals surface area contributed by atoms with E-state index in [2.05, 4.69) is 5.32 Å². The van der Waals surface area contributed by atoms with E-state index in [4.69, 9.17) is 4.98 Å². The second-order valence-electron chi connectivity index (χ2n) is 7.68. The predicted molar refractivity (Wildman–Crippen MR) is 119 cm³/mol. The highest BCUT2D eigenvalue weighted by Crippen LogP contribution is 2.32. The Labute approximate surface area is 174 Å². The molecule has 6 heteroatoms. The SMILES string of the molecule is Cc1ccc(C)c(NC(=O)CSc2nc3ccccc3c(=O)n2C2CCCC2)c1. The molecular weight excluding hydrogens is 382 g/mol. The van der Waals surface area contributed by atoms with Crippen LogP contribution in [0, 0.1) is 13.8 Å². The van der Waals surface area contributed by atoms with E-state index in [1.54, 1.807) is 0 Å². The molecule has 1 amide bonds. The Kier molecular flexibility index (Phi) is 5.72. The first kappa shape index (κ1) is 19.7. The van der Waals surface area contributed by atoms with Crippen molar-refractivity contribution in [1.82, 2.24) is 9.55 Å². The van der Waals surface area contributed by atoms with Gasteiger partial charge >= 0.3 is 0 Å². The monoisotopic (exact) mass is 407 g/mol. The number of nitrogens with one attached hydrogen (secondary N) is 1. The van der Waals surface area contributed by atoms with E-state index in [0.717, 1.165) is 42.5 Å². The summed E-state index contributed by atoms with van der Waals surface area (Å²) in [6.07, 6.45) is 4.23. The normalized spacial score (nSPS) is 14.4. The number of hydrogen-bond donors (Lipinski definition) is 1. The van der Waals surface area contributed by atoms with E-state index in [9.17, 15) is 9.59 Å². The summed E-state index contributed by atoms with van der Waals surface area (Å²) < 4.78 is 1.82. The van der Waals surface area contributed by atoms with Gasteiger partial charge in [0, 0.05) is 11.7 Å². The van der Waals surface area contributed by atoms with Crippen LogP contribution in [0.15, 0.2) is 52.4 Å². The van der Waals surface area contributed by atoms with Gasteiger partial charge in [-0.1, -0.05) is 48.9 Å². The average molecular weight is 408 g/mol. The number of fused-ring (bicyclic) bond motifs is 1. The maximum Gasteiger partial charge on any atom is 0.262 e. The fourth-order valence-electron chi connectivity index (χ4n) is 3.90. The molecule has 1 aliphatic carbocycles. The number of nitrogens with zero attached hydrogens (tertiary/aromatic N) is 2. The summed E-state index contributed by atoms with van der Waals surface area (Å²) in [6.45, 7) is 3.98. The number of rotatable bonds is 5. The fourth-order valence-corrected chi connectivity index (χ4v) is 4.77. The van der Waals surface area contributed by atoms with Crippen LogP contribution >= 0.6 is 11.8 Å². The van der Waals surface area contributed by atoms with Crippen molar-refractivity contribution < 1.29 is 4.79 Å². The molecule has 1 N–H and O–H groups in total. The third kappa shape index (κ3) is 4.22. The number of amides is 1. The number of thioether (sulfide) groups is 1. The highest BCUT2D eigenvalue weighted by Gasteiger charge is 2.23. The Morgan fingerprint density at radius 2 is 1.93 bits per heavy atom. The molecule has 0 bridgehead atoms. The lowest BCUT2D eigenvalue weighted by molar-refractivity contribution is -0.113. The maximum absolute atomic E-state index is 13.2. The molecule has 0 saturated heterocycles. The van der Waals surface area contributed by atoms with Gasteiger partial charge in [0.1, 0.15) is 0 Å². The standard InChI is InChI=1S/C23H25N3O2S/c1-15-11-12-16(2)20(13-15)24-21(27)14-29-23-25-19-10-6-5-9-18(19)22(28)26(23)17-7-3-4-8-17/h5-6,9-13,17H,3-4,7-8,14H2,1-2H3,(H,24,27). The topological polar surface area (TPSA) is 64.0 Å². The summed E-state index contributed by atoms with van der Waals surface area (Å²) in [5.74, 6) is 0.120. The number of aryl methyl sites for hydroxylation is 2. The molecule has 1 saturated carbocycles. The molecule has 0 unspecified atom stereocenters. The Morgan fingerprint density at radius 1 is 1.17 bits per heavy atom. The summed E-state index contributed by atoms with van der Waals surface area (Å²) in [4.78, 5) is 30.5. The maximum atomic E-state index is 13.2. The molecule has 1 heterocycles. The molecule has 1 aliphatic rings. The first-order chi connectivity index (χ1) is 14.0. The van der Waals surface area contributed by atoms with Gasteiger partial charge in [0.25, 0.3) is 5.56 Å². The zero-order chi connectivity index (χ0) is 20.4. The first-order valence-corrected chi connectivity index (χ1v) is 11.0. The summed E-state index contributed by atoms with van der Waals surface area (Å²) >= 11 is 1.34. The fraction of sp³-hybridized carbons (Fsp3) is 0.348. The van der Waals surface area contributed by atoms with Crippen molar-refractivity contribution in [1.29, 1.82) is 0 Å². The van der Waals surface area contributed by atoms with Gasteiger partial charge < -0.3 is 5.32 Å². The molecule has 4 rings (SSSR count). The summed E-state index contributed by atoms with van der Waals surface area (Å²) in [5, 5.41) is 4.27. The van der Waals surface area contributed by atoms with E-state index in [1.165, 1.54) is 11.8 Å². The van der Waals surface area contributed by atoms with E-state index in [-0.39, 0.29) is 23.3 Å². The van der Waals surface area contributed by atoms with Crippen LogP contribution in [0.25, 0.3) is 10.9 Å². The molecule has 2 aromatic carbocycles. The van der Waals surface area contributed by atoms with Crippen molar-refractivity contribution in [3.63, 3.8) is 0 Å². The molecule has 29 heavy (non-hydrogen) atoms. The first-order valence-electron chi connectivity index (χ1n) is 10.0. The molecule has 0 aliphatic heterocycles. The summed E-state index contributed by atoms with van der Waals surface area (Å²) in [5.41, 5.74) is 3.64. The number of aromatic nitrogens is 2. The number of carbonyl (C=O) groups excluding carboxylic acids is 1. The Bertz CT molecular complexity index is 1120. The van der Waals surface area contributed by atoms with Crippen LogP contribution < -0.4 is 10.9 Å². The van der Waals surface area contributed by atoms with Gasteiger partial charge in [0.15, 0.2) is 5.16 Å². The van der Waals surface area contributed by atoms with Crippen LogP contribution in [0.4, 0.5) is 5.69 Å². The number of benzene rings is 2. The zero-order valence-electron chi connectivity index (χ0n) is 16.8. The molecule has 1 fully saturated rings. The quantitative estimate of drug-likeness (QED) is 0.485. The highest BCUT2D eigenvalue weighted by molar-refractivity contribution is 7.99. The van der Waals surface area contributed by atoms with Crippen LogP contribution in [0.2, 0.25) is 0 Å². The Hall–Kier alpha value is -2.60. The number of hydrogen-bond acceptors (Lipinski definition) is 4. The van der Waals surface area contributed by atoms with Crippen LogP contribution in [0.5, 0.6) is 0 Å². The van der Waals surface area contributed by atoms with Crippen LogP contribution in [0.1, 0.15) is 42.9 Å². The summed E-state index contributed by atoms with van der Waals surface area (Å²) in [6, 6.07) is 13.6. The van der Waals surface area contributed by atoms with Gasteiger partial charge in [-0.25, -0.2) is 4.98 Å². The van der Waals surface area contributed by atoms with Crippen molar-refractivity contribution in [2.75, 3.05) is 11.1 Å². The number of anilines is 1. The van der Waals surface area contributed by atoms with E-state index < -0.39 is 0 Å². The van der Waals surface area contributed by atoms with Crippen molar-refractivity contribution >= 4 is 34.3 Å². The summed E-state index contributed by atoms with van der Waals surface area (Å²) in [7, 11) is 0. The molecular formula is C23H25N3O2S. The van der Waals surface area contributed by atoms with Crippen LogP contribution in [-0.4, -0.2) is 21.2 Å². The van der Waals surface area contributed by atoms with Crippen molar-refractivity contribution in [3.05, 3.63) is 63.9 Å². The lowest BCUT2D eigenvalue weighted by atomic mass is 10.1. The van der Waals surface area contributed by atoms with Gasteiger partial charge in [-0.15, -0.1) is 0 Å². The highest BCUT2D eigenvalue weighted by atomic mass is 32.2. The lowest BCUT2D eigenvalue weighted by Gasteiger charge is -2.18. The Morgan fingerprint density at radius 3 is 2.72 bits per heavy atom. The zero-order valence-corrected chi connectivity index (χ0v) is 17.6. The van der Waals surface area contributed by atoms with Crippen LogP contribution in [-0.2, 0) is 4.79 Å². The minimum atomic E-state index is -0.0934. The van der Waals surface area contributed by atoms with Crippen LogP contribution in [0.3, 0.4) is 0 Å². The smallest absolute Gasteiger partial charge is 0.262 e. The molecule has 0 radical (unpaired) electrons. The third-order valence-electron chi connectivity index (χ3n) is 5.46. The van der Waals surface area contributed by atoms with Gasteiger partial charge in [-0.2, -0.15) is 0 Å². The lowest BCUT2D eigenvalue weighted by Crippen LogP contribution is -2.27. The van der Waals surface area contributed by atoms with Crippen molar-refractivity contribution in [2.45, 2.75) is 50.7 Å². The molecule has 0 atom stereocenters. The van der Waals surface area contributed by atoms with E-state index in [0.29, 0.717) is 16.1 Å². The molecule has 5 nitrogen and oxygen atoms in total. The molecule has 150 valence electrons. The molecule has 1 aromatic heterocycles. The van der Waals surface area contributed by atoms with E-state index in [1.807, 2.05) is 60.9 Å². The van der Waals surface area contributed by atoms with Gasteiger partial charge in [-0.05, 0) is 56.0 Å².